The molecule has 0 aliphatic heterocycles. The molecule has 13 atom stereocenters. The third-order valence-electron chi connectivity index (χ3n) is 15.0. The molecule has 24 N–H and O–H groups in total. The Labute approximate surface area is 522 Å². The number of hydrogen-bond acceptors (Lipinski definition) is 18. The number of nitrogens with two attached hydrogens (primary N) is 5. The zero-order valence-electron chi connectivity index (χ0n) is 52.2. The summed E-state index contributed by atoms with van der Waals surface area (Å²) in [6.45, 7) is 10.2. The van der Waals surface area contributed by atoms with Crippen LogP contribution in [0.3, 0.4) is 0 Å². The fourth-order valence-electron chi connectivity index (χ4n) is 8.92. The number of carboxylic acids is 4. The molecule has 0 radical (unpaired) electrons. The molecule has 0 aromatic carbocycles. The summed E-state index contributed by atoms with van der Waals surface area (Å²) in [4.78, 5) is 185. The van der Waals surface area contributed by atoms with Crippen LogP contribution in [-0.4, -0.2) is 193 Å². The zero-order chi connectivity index (χ0) is 68.2. The zero-order valence-corrected chi connectivity index (χ0v) is 52.2. The normalized spacial score (nSPS) is 15.4. The summed E-state index contributed by atoms with van der Waals surface area (Å²) in [5.74, 6) is -16.7. The number of guanidine groups is 1. The highest BCUT2D eigenvalue weighted by molar-refractivity contribution is 5.99. The number of carboxylic acid groups (broad SMARTS) is 4. The maximum Gasteiger partial charge on any atom is 0.326 e. The van der Waals surface area contributed by atoms with Crippen molar-refractivity contribution in [1.82, 2.24) is 57.8 Å². The topological polar surface area (TPSA) is 582 Å². The average Bonchev–Trinajstić information content (AvgIpc) is 1.98. The van der Waals surface area contributed by atoms with Gasteiger partial charge in [0.2, 0.25) is 53.2 Å². The highest BCUT2D eigenvalue weighted by Crippen LogP contribution is 2.16. The molecule has 0 saturated heterocycles. The number of aromatic amines is 1. The van der Waals surface area contributed by atoms with E-state index in [9.17, 15) is 77.6 Å². The fourth-order valence-corrected chi connectivity index (χ4v) is 8.92. The molecule has 0 unspecified atom stereocenters. The van der Waals surface area contributed by atoms with Crippen LogP contribution in [0.15, 0.2) is 17.5 Å². The van der Waals surface area contributed by atoms with E-state index in [0.29, 0.717) is 31.4 Å². The molecule has 9 amide bonds. The number of aliphatic carboxylic acids is 4. The van der Waals surface area contributed by atoms with Gasteiger partial charge in [-0.2, -0.15) is 0 Å². The molecule has 508 valence electrons. The maximum atomic E-state index is 14.5. The molecule has 1 aromatic rings. The first kappa shape index (κ1) is 79.5. The Hall–Kier alpha value is -8.53. The number of carbonyl (C=O) groups excluding carboxylic acids is 9. The van der Waals surface area contributed by atoms with E-state index in [1.54, 1.807) is 41.5 Å². The number of unbranched alkanes of at least 4 members (excludes halogenated alkanes) is 2. The molecular weight excluding hydrogens is 1180 g/mol. The van der Waals surface area contributed by atoms with E-state index in [1.807, 2.05) is 0 Å². The van der Waals surface area contributed by atoms with Gasteiger partial charge in [-0.1, -0.05) is 60.8 Å². The summed E-state index contributed by atoms with van der Waals surface area (Å²) in [7, 11) is 0. The Morgan fingerprint density at radius 2 is 0.856 bits per heavy atom. The van der Waals surface area contributed by atoms with Crippen molar-refractivity contribution >= 4 is 83.0 Å². The molecule has 0 bridgehead atoms. The highest BCUT2D eigenvalue weighted by atomic mass is 16.4. The first-order valence-corrected chi connectivity index (χ1v) is 30.2. The van der Waals surface area contributed by atoms with E-state index < -0.39 is 181 Å². The SMILES string of the molecule is CC[C@H](C)[C@H](NC(=O)[C@H](CC(=O)O)NC(=O)[C@H](CCC(=O)O)NC(=O)[C@@H](NC(=O)[C@@H](NC(=O)[C@@H](N)CCC(=O)O)[C@@H](C)CC)[C@@H](C)CC)C(=O)N[C@@H](CCCCN)C(=O)N[C@@H](CCCN=C(N)N)C(=O)N[C@@H](Cc1cnc[nH]1)C(=O)N[C@@H](CCCCN)C(=O)O. The molecular formula is C56H97N17O17. The summed E-state index contributed by atoms with van der Waals surface area (Å²) in [6, 6.07) is -15.1. The van der Waals surface area contributed by atoms with Crippen LogP contribution in [0.25, 0.3) is 0 Å². The standard InChI is InChI=1S/C56H97N17O17/c1-7-29(4)43(52(86)66-34(15-10-12-22-57)47(81)65-35(17-14-24-63-56(60)61)48(82)69-38(25-32-27-62-28-64-32)50(84)68-37(55(89)90)16-11-13-23-58)72-51(85)39(26-42(78)79)70-49(83)36(19-21-41(76)77)67-53(87)44(30(5)8-2)73-54(88)45(31(6)9-3)71-46(80)33(59)18-20-40(74)75/h27-31,33-39,43-45H,7-26,57-59H2,1-6H3,(H,62,64)(H,65,81)(H,66,86)(H,67,87)(H,68,84)(H,69,82)(H,70,83)(H,71,80)(H,72,85)(H,73,88)(H,74,75)(H,76,77)(H,78,79)(H,89,90)(H4,60,61,63)/t29-,30-,31-,33-,34-,35-,36-,37-,38-,39-,43-,44-,45-/m0/s1. The number of nitrogens with one attached hydrogen (secondary N) is 10. The van der Waals surface area contributed by atoms with Crippen LogP contribution in [0, 0.1) is 17.8 Å². The number of carbonyl (C=O) groups is 13. The van der Waals surface area contributed by atoms with Gasteiger partial charge in [-0.15, -0.1) is 0 Å². The third kappa shape index (κ3) is 30.1. The van der Waals surface area contributed by atoms with Crippen LogP contribution in [0.4, 0.5) is 0 Å². The van der Waals surface area contributed by atoms with E-state index >= 15 is 0 Å². The van der Waals surface area contributed by atoms with Crippen LogP contribution in [0.1, 0.15) is 150 Å². The van der Waals surface area contributed by atoms with Gasteiger partial charge in [0.15, 0.2) is 5.96 Å². The second kappa shape index (κ2) is 42.4. The van der Waals surface area contributed by atoms with Crippen LogP contribution in [0.5, 0.6) is 0 Å². The second-order valence-electron chi connectivity index (χ2n) is 22.2. The van der Waals surface area contributed by atoms with Gasteiger partial charge in [-0.25, -0.2) is 9.78 Å². The number of aromatic nitrogens is 2. The summed E-state index contributed by atoms with van der Waals surface area (Å²) in [6.07, 6.45) is 1.42. The monoisotopic (exact) mass is 1280 g/mol. The van der Waals surface area contributed by atoms with Crippen molar-refractivity contribution in [3.63, 3.8) is 0 Å². The number of imidazole rings is 1. The lowest BCUT2D eigenvalue weighted by Gasteiger charge is -2.31. The molecule has 90 heavy (non-hydrogen) atoms. The molecule has 1 heterocycles. The Bertz CT molecular complexity index is 2550. The van der Waals surface area contributed by atoms with Gasteiger partial charge in [0.25, 0.3) is 0 Å². The van der Waals surface area contributed by atoms with Crippen molar-refractivity contribution in [2.24, 2.45) is 51.4 Å². The lowest BCUT2D eigenvalue weighted by molar-refractivity contribution is -0.142. The number of aliphatic imine (C=N–C) groups is 1. The maximum absolute atomic E-state index is 14.5. The molecule has 1 rings (SSSR count). The molecule has 34 nitrogen and oxygen atoms in total. The van der Waals surface area contributed by atoms with E-state index in [2.05, 4.69) is 62.8 Å². The van der Waals surface area contributed by atoms with Crippen molar-refractivity contribution in [2.45, 2.75) is 211 Å². The molecule has 1 aromatic heterocycles. The number of amides is 9. The van der Waals surface area contributed by atoms with Gasteiger partial charge in [-0.05, 0) is 95.1 Å². The Morgan fingerprint density at radius 3 is 1.29 bits per heavy atom. The number of rotatable bonds is 47. The number of hydrogen-bond donors (Lipinski definition) is 19. The first-order chi connectivity index (χ1) is 42.4. The van der Waals surface area contributed by atoms with Crippen LogP contribution >= 0.6 is 0 Å². The smallest absolute Gasteiger partial charge is 0.326 e. The van der Waals surface area contributed by atoms with Crippen LogP contribution in [0.2, 0.25) is 0 Å². The van der Waals surface area contributed by atoms with Gasteiger partial charge in [0, 0.05) is 37.7 Å². The van der Waals surface area contributed by atoms with E-state index in [-0.39, 0.29) is 83.4 Å². The van der Waals surface area contributed by atoms with Crippen LogP contribution < -0.4 is 76.5 Å². The molecule has 0 spiro atoms. The quantitative estimate of drug-likeness (QED) is 0.0170. The fraction of sp³-hybridized carbons (Fsp3) is 0.696. The van der Waals surface area contributed by atoms with Crippen molar-refractivity contribution in [1.29, 1.82) is 0 Å². The number of H-pyrrole nitrogens is 1. The van der Waals surface area contributed by atoms with Crippen molar-refractivity contribution in [2.75, 3.05) is 19.6 Å². The Kier molecular flexibility index (Phi) is 37.5. The minimum absolute atomic E-state index is 0.0182. The van der Waals surface area contributed by atoms with Gasteiger partial charge >= 0.3 is 23.9 Å². The molecule has 34 heteroatoms. The van der Waals surface area contributed by atoms with Crippen molar-refractivity contribution < 1.29 is 82.8 Å². The molecule has 0 aliphatic rings. The highest BCUT2D eigenvalue weighted by Gasteiger charge is 2.39. The summed E-state index contributed by atoms with van der Waals surface area (Å²) < 4.78 is 0. The van der Waals surface area contributed by atoms with Gasteiger partial charge < -0.3 is 102 Å². The van der Waals surface area contributed by atoms with Gasteiger partial charge in [0.05, 0.1) is 18.8 Å². The van der Waals surface area contributed by atoms with Gasteiger partial charge in [0.1, 0.15) is 54.4 Å². The predicted molar refractivity (Wildman–Crippen MR) is 325 cm³/mol. The lowest BCUT2D eigenvalue weighted by Crippen LogP contribution is -2.62. The minimum Gasteiger partial charge on any atom is -0.481 e. The largest absolute Gasteiger partial charge is 0.481 e. The predicted octanol–water partition coefficient (Wildman–Crippen LogP) is -3.62. The van der Waals surface area contributed by atoms with E-state index in [0.717, 1.165) is 0 Å². The van der Waals surface area contributed by atoms with Crippen molar-refractivity contribution in [3.05, 3.63) is 18.2 Å². The summed E-state index contributed by atoms with van der Waals surface area (Å²) in [5.41, 5.74) is 28.7. The first-order valence-electron chi connectivity index (χ1n) is 30.2. The van der Waals surface area contributed by atoms with E-state index in [4.69, 9.17) is 33.8 Å². The van der Waals surface area contributed by atoms with Crippen LogP contribution in [-0.2, 0) is 68.7 Å². The third-order valence-corrected chi connectivity index (χ3v) is 15.0. The number of nitrogens with zero attached hydrogens (tertiary/aromatic N) is 2. The van der Waals surface area contributed by atoms with Crippen molar-refractivity contribution in [3.8, 4) is 0 Å². The molecule has 0 saturated carbocycles. The second-order valence-corrected chi connectivity index (χ2v) is 22.2. The minimum atomic E-state index is -2.00. The van der Waals surface area contributed by atoms with E-state index in [1.165, 1.54) is 12.5 Å². The molecule has 0 fully saturated rings. The van der Waals surface area contributed by atoms with Gasteiger partial charge in [-0.3, -0.25) is 62.5 Å². The Balaban J connectivity index is 3.68. The summed E-state index contributed by atoms with van der Waals surface area (Å²) in [5, 5.41) is 61.1. The Morgan fingerprint density at radius 1 is 0.478 bits per heavy atom. The lowest BCUT2D eigenvalue weighted by atomic mass is 9.94. The molecule has 0 aliphatic carbocycles. The summed E-state index contributed by atoms with van der Waals surface area (Å²) >= 11 is 0. The average molecular weight is 1280 g/mol.